The second-order valence-electron chi connectivity index (χ2n) is 3.68. The van der Waals surface area contributed by atoms with Gasteiger partial charge in [0, 0.05) is 13.1 Å². The van der Waals surface area contributed by atoms with E-state index in [4.69, 9.17) is 11.6 Å². The molecule has 0 unspecified atom stereocenters. The van der Waals surface area contributed by atoms with Gasteiger partial charge in [0.2, 0.25) is 0 Å². The maximum absolute atomic E-state index is 11.7. The molecule has 0 aromatic carbocycles. The molecule has 1 heterocycles. The minimum absolute atomic E-state index is 0.218. The van der Waals surface area contributed by atoms with Crippen LogP contribution < -0.4 is 10.9 Å². The molecule has 0 bridgehead atoms. The zero-order valence-electron chi connectivity index (χ0n) is 9.79. The van der Waals surface area contributed by atoms with Gasteiger partial charge in [-0.25, -0.2) is 4.68 Å². The summed E-state index contributed by atoms with van der Waals surface area (Å²) in [6.45, 7) is 5.53. The van der Waals surface area contributed by atoms with Crippen LogP contribution in [0.5, 0.6) is 0 Å². The molecule has 0 aliphatic rings. The van der Waals surface area contributed by atoms with Crippen LogP contribution in [0.2, 0.25) is 5.02 Å². The molecule has 1 aromatic heterocycles. The van der Waals surface area contributed by atoms with Crippen molar-refractivity contribution in [2.45, 2.75) is 39.7 Å². The summed E-state index contributed by atoms with van der Waals surface area (Å²) < 4.78 is 1.40. The lowest BCUT2D eigenvalue weighted by molar-refractivity contribution is 0.568. The number of aryl methyl sites for hydroxylation is 1. The third kappa shape index (κ3) is 3.23. The lowest BCUT2D eigenvalue weighted by atomic mass is 10.3. The zero-order valence-corrected chi connectivity index (χ0v) is 10.5. The molecular formula is C11H18ClN3O. The predicted molar refractivity (Wildman–Crippen MR) is 67.2 cm³/mol. The zero-order chi connectivity index (χ0) is 12.0. The molecule has 1 rings (SSSR count). The average Bonchev–Trinajstić information content (AvgIpc) is 2.28. The summed E-state index contributed by atoms with van der Waals surface area (Å²) in [5.74, 6) is 0. The van der Waals surface area contributed by atoms with Crippen LogP contribution in [0.1, 0.15) is 33.1 Å². The molecule has 4 nitrogen and oxygen atoms in total. The third-order valence-corrected chi connectivity index (χ3v) is 2.63. The molecule has 0 spiro atoms. The second-order valence-corrected chi connectivity index (χ2v) is 4.06. The lowest BCUT2D eigenvalue weighted by Gasteiger charge is -2.09. The Morgan fingerprint density at radius 3 is 2.81 bits per heavy atom. The first-order valence-electron chi connectivity index (χ1n) is 5.70. The number of anilines is 1. The van der Waals surface area contributed by atoms with Crippen molar-refractivity contribution in [2.24, 2.45) is 0 Å². The fourth-order valence-corrected chi connectivity index (χ4v) is 1.57. The van der Waals surface area contributed by atoms with Crippen LogP contribution in [0.25, 0.3) is 0 Å². The lowest BCUT2D eigenvalue weighted by Crippen LogP contribution is -2.24. The average molecular weight is 244 g/mol. The van der Waals surface area contributed by atoms with E-state index < -0.39 is 0 Å². The molecule has 0 amide bonds. The van der Waals surface area contributed by atoms with Crippen LogP contribution in [-0.4, -0.2) is 16.3 Å². The fraction of sp³-hybridized carbons (Fsp3) is 0.636. The Hall–Kier alpha value is -1.03. The molecule has 5 heteroatoms. The molecule has 0 saturated heterocycles. The van der Waals surface area contributed by atoms with Crippen molar-refractivity contribution in [3.63, 3.8) is 0 Å². The first kappa shape index (κ1) is 13.0. The third-order valence-electron chi connectivity index (χ3n) is 2.27. The molecule has 0 fully saturated rings. The SMILES string of the molecule is CCCCNc1cnn(CCC)c(=O)c1Cl. The first-order chi connectivity index (χ1) is 7.70. The van der Waals surface area contributed by atoms with Gasteiger partial charge in [-0.3, -0.25) is 4.79 Å². The van der Waals surface area contributed by atoms with Gasteiger partial charge < -0.3 is 5.32 Å². The molecule has 0 radical (unpaired) electrons. The van der Waals surface area contributed by atoms with Gasteiger partial charge in [-0.1, -0.05) is 31.9 Å². The first-order valence-corrected chi connectivity index (χ1v) is 6.08. The minimum atomic E-state index is -0.218. The van der Waals surface area contributed by atoms with Crippen LogP contribution in [0.15, 0.2) is 11.0 Å². The van der Waals surface area contributed by atoms with Crippen molar-refractivity contribution in [2.75, 3.05) is 11.9 Å². The molecule has 16 heavy (non-hydrogen) atoms. The molecule has 0 aliphatic heterocycles. The summed E-state index contributed by atoms with van der Waals surface area (Å²) in [5.41, 5.74) is 0.414. The maximum Gasteiger partial charge on any atom is 0.287 e. The fourth-order valence-electron chi connectivity index (χ4n) is 1.36. The highest BCUT2D eigenvalue weighted by Crippen LogP contribution is 2.15. The van der Waals surface area contributed by atoms with E-state index in [1.807, 2.05) is 6.92 Å². The number of nitrogens with one attached hydrogen (secondary N) is 1. The Labute approximate surface area is 101 Å². The minimum Gasteiger partial charge on any atom is -0.382 e. The number of nitrogens with zero attached hydrogens (tertiary/aromatic N) is 2. The van der Waals surface area contributed by atoms with Gasteiger partial charge in [0.05, 0.1) is 11.9 Å². The van der Waals surface area contributed by atoms with Gasteiger partial charge in [-0.2, -0.15) is 5.10 Å². The van der Waals surface area contributed by atoms with Crippen LogP contribution in [-0.2, 0) is 6.54 Å². The van der Waals surface area contributed by atoms with Gasteiger partial charge in [-0.05, 0) is 12.8 Å². The quantitative estimate of drug-likeness (QED) is 0.781. The normalized spacial score (nSPS) is 10.4. The molecule has 0 atom stereocenters. The van der Waals surface area contributed by atoms with E-state index >= 15 is 0 Å². The van der Waals surface area contributed by atoms with Crippen LogP contribution in [0.4, 0.5) is 5.69 Å². The van der Waals surface area contributed by atoms with E-state index in [0.717, 1.165) is 25.8 Å². The molecule has 0 saturated carbocycles. The molecule has 1 aromatic rings. The van der Waals surface area contributed by atoms with Crippen molar-refractivity contribution in [3.05, 3.63) is 21.6 Å². The molecular weight excluding hydrogens is 226 g/mol. The Balaban J connectivity index is 2.81. The maximum atomic E-state index is 11.7. The standard InChI is InChI=1S/C11H18ClN3O/c1-3-5-6-13-9-8-14-15(7-4-2)11(16)10(9)12/h8,13H,3-7H2,1-2H3. The van der Waals surface area contributed by atoms with E-state index in [1.54, 1.807) is 6.20 Å². The summed E-state index contributed by atoms with van der Waals surface area (Å²) in [5, 5.41) is 7.42. The van der Waals surface area contributed by atoms with E-state index in [-0.39, 0.29) is 10.6 Å². The summed E-state index contributed by atoms with van der Waals surface area (Å²) in [7, 11) is 0. The van der Waals surface area contributed by atoms with Gasteiger partial charge in [-0.15, -0.1) is 0 Å². The van der Waals surface area contributed by atoms with E-state index in [1.165, 1.54) is 4.68 Å². The van der Waals surface area contributed by atoms with Crippen molar-refractivity contribution in [3.8, 4) is 0 Å². The molecule has 0 aliphatic carbocycles. The monoisotopic (exact) mass is 243 g/mol. The van der Waals surface area contributed by atoms with E-state index in [2.05, 4.69) is 17.3 Å². The van der Waals surface area contributed by atoms with E-state index in [0.29, 0.717) is 12.2 Å². The Bertz CT molecular complexity index is 389. The van der Waals surface area contributed by atoms with Gasteiger partial charge in [0.15, 0.2) is 0 Å². The van der Waals surface area contributed by atoms with Crippen molar-refractivity contribution < 1.29 is 0 Å². The smallest absolute Gasteiger partial charge is 0.287 e. The Morgan fingerprint density at radius 2 is 2.19 bits per heavy atom. The van der Waals surface area contributed by atoms with Gasteiger partial charge in [0.1, 0.15) is 5.02 Å². The summed E-state index contributed by atoms with van der Waals surface area (Å²) in [4.78, 5) is 11.7. The molecule has 1 N–H and O–H groups in total. The highest BCUT2D eigenvalue weighted by Gasteiger charge is 2.07. The summed E-state index contributed by atoms with van der Waals surface area (Å²) in [6.07, 6.45) is 4.64. The highest BCUT2D eigenvalue weighted by molar-refractivity contribution is 6.32. The van der Waals surface area contributed by atoms with Gasteiger partial charge in [0.25, 0.3) is 5.56 Å². The number of rotatable bonds is 6. The molecule has 90 valence electrons. The largest absolute Gasteiger partial charge is 0.382 e. The predicted octanol–water partition coefficient (Wildman–Crippen LogP) is 2.52. The summed E-state index contributed by atoms with van der Waals surface area (Å²) in [6, 6.07) is 0. The number of hydrogen-bond donors (Lipinski definition) is 1. The van der Waals surface area contributed by atoms with Crippen molar-refractivity contribution in [1.29, 1.82) is 0 Å². The van der Waals surface area contributed by atoms with Gasteiger partial charge >= 0.3 is 0 Å². The van der Waals surface area contributed by atoms with Crippen LogP contribution in [0, 0.1) is 0 Å². The van der Waals surface area contributed by atoms with Crippen LogP contribution >= 0.6 is 11.6 Å². The topological polar surface area (TPSA) is 46.9 Å². The second kappa shape index (κ2) is 6.53. The highest BCUT2D eigenvalue weighted by atomic mass is 35.5. The Kier molecular flexibility index (Phi) is 5.32. The number of hydrogen-bond acceptors (Lipinski definition) is 3. The van der Waals surface area contributed by atoms with Crippen molar-refractivity contribution >= 4 is 17.3 Å². The number of aromatic nitrogens is 2. The van der Waals surface area contributed by atoms with Crippen molar-refractivity contribution in [1.82, 2.24) is 9.78 Å². The number of halogens is 1. The Morgan fingerprint density at radius 1 is 1.44 bits per heavy atom. The summed E-state index contributed by atoms with van der Waals surface area (Å²) >= 11 is 5.98. The van der Waals surface area contributed by atoms with E-state index in [9.17, 15) is 4.79 Å². The van der Waals surface area contributed by atoms with Crippen LogP contribution in [0.3, 0.4) is 0 Å². The number of unbranched alkanes of at least 4 members (excludes halogenated alkanes) is 1.